The molecule has 0 bridgehead atoms. The van der Waals surface area contributed by atoms with E-state index in [4.69, 9.17) is 9.47 Å². The lowest BCUT2D eigenvalue weighted by atomic mass is 10.1. The van der Waals surface area contributed by atoms with Gasteiger partial charge in [-0.2, -0.15) is 4.31 Å². The second-order valence-electron chi connectivity index (χ2n) is 6.56. The minimum absolute atomic E-state index is 0.0949. The molecule has 0 N–H and O–H groups in total. The molecule has 144 valence electrons. The van der Waals surface area contributed by atoms with E-state index in [1.807, 2.05) is 31.2 Å². The number of benzene rings is 2. The molecule has 1 heterocycles. The predicted molar refractivity (Wildman–Crippen MR) is 101 cm³/mol. The molecule has 2 aromatic rings. The Morgan fingerprint density at radius 2 is 1.85 bits per heavy atom. The molecule has 1 aliphatic heterocycles. The van der Waals surface area contributed by atoms with E-state index in [-0.39, 0.29) is 17.1 Å². The molecule has 2 aromatic carbocycles. The van der Waals surface area contributed by atoms with Gasteiger partial charge in [-0.3, -0.25) is 0 Å². The number of carbonyl (C=O) groups is 1. The number of hydrogen-bond acceptors (Lipinski definition) is 5. The first-order valence-electron chi connectivity index (χ1n) is 8.79. The van der Waals surface area contributed by atoms with Crippen molar-refractivity contribution in [1.29, 1.82) is 0 Å². The van der Waals surface area contributed by atoms with Crippen LogP contribution in [0.4, 0.5) is 0 Å². The van der Waals surface area contributed by atoms with E-state index in [0.717, 1.165) is 11.1 Å². The monoisotopic (exact) mass is 389 g/mol. The van der Waals surface area contributed by atoms with E-state index >= 15 is 0 Å². The second kappa shape index (κ2) is 8.21. The Hall–Kier alpha value is -2.22. The first-order valence-corrected chi connectivity index (χ1v) is 10.2. The first kappa shape index (κ1) is 19.5. The van der Waals surface area contributed by atoms with E-state index in [1.165, 1.54) is 16.4 Å². The van der Waals surface area contributed by atoms with E-state index < -0.39 is 16.0 Å². The third-order valence-electron chi connectivity index (χ3n) is 4.49. The van der Waals surface area contributed by atoms with Crippen molar-refractivity contribution in [1.82, 2.24) is 4.31 Å². The van der Waals surface area contributed by atoms with Gasteiger partial charge in [0.2, 0.25) is 10.0 Å². The zero-order valence-electron chi connectivity index (χ0n) is 15.5. The average molecular weight is 389 g/mol. The van der Waals surface area contributed by atoms with Gasteiger partial charge in [0.1, 0.15) is 6.61 Å². The van der Waals surface area contributed by atoms with Crippen molar-refractivity contribution in [2.45, 2.75) is 25.3 Å². The number of hydrogen-bond donors (Lipinski definition) is 0. The smallest absolute Gasteiger partial charge is 0.338 e. The predicted octanol–water partition coefficient (Wildman–Crippen LogP) is 2.68. The summed E-state index contributed by atoms with van der Waals surface area (Å²) in [5, 5.41) is 0. The highest BCUT2D eigenvalue weighted by Crippen LogP contribution is 2.21. The Kier molecular flexibility index (Phi) is 5.94. The van der Waals surface area contributed by atoms with Crippen LogP contribution < -0.4 is 0 Å². The molecule has 1 fully saturated rings. The minimum atomic E-state index is -3.66. The lowest BCUT2D eigenvalue weighted by Gasteiger charge is -2.26. The molecule has 1 saturated heterocycles. The maximum atomic E-state index is 12.8. The summed E-state index contributed by atoms with van der Waals surface area (Å²) in [6.45, 7) is 5.23. The molecule has 0 atom stereocenters. The number of carbonyl (C=O) groups excluding carboxylic acids is 1. The Labute approximate surface area is 159 Å². The lowest BCUT2D eigenvalue weighted by molar-refractivity contribution is 0.0471. The van der Waals surface area contributed by atoms with Crippen molar-refractivity contribution in [2.24, 2.45) is 0 Å². The fourth-order valence-electron chi connectivity index (χ4n) is 2.95. The molecule has 0 aromatic heterocycles. The molecule has 1 aliphatic rings. The van der Waals surface area contributed by atoms with Gasteiger partial charge in [0.25, 0.3) is 0 Å². The molecule has 6 nitrogen and oxygen atoms in total. The van der Waals surface area contributed by atoms with Crippen molar-refractivity contribution in [3.8, 4) is 0 Å². The molecule has 0 radical (unpaired) electrons. The minimum Gasteiger partial charge on any atom is -0.457 e. The topological polar surface area (TPSA) is 72.9 Å². The van der Waals surface area contributed by atoms with Gasteiger partial charge in [-0.1, -0.05) is 35.9 Å². The van der Waals surface area contributed by atoms with Crippen LogP contribution in [0, 0.1) is 13.8 Å². The summed E-state index contributed by atoms with van der Waals surface area (Å²) in [6, 6.07) is 12.3. The van der Waals surface area contributed by atoms with Crippen LogP contribution >= 0.6 is 0 Å². The standard InChI is InChI=1S/C20H23NO5S/c1-15-4-3-5-17(12-15)14-26-20(22)19-13-18(7-6-16(19)2)27(23,24)21-8-10-25-11-9-21/h3-7,12-13H,8-11,14H2,1-2H3. The zero-order valence-corrected chi connectivity index (χ0v) is 16.3. The van der Waals surface area contributed by atoms with Gasteiger partial charge >= 0.3 is 5.97 Å². The molecule has 0 saturated carbocycles. The fraction of sp³-hybridized carbons (Fsp3) is 0.350. The maximum absolute atomic E-state index is 12.8. The SMILES string of the molecule is Cc1cccc(COC(=O)c2cc(S(=O)(=O)N3CCOCC3)ccc2C)c1. The van der Waals surface area contributed by atoms with Crippen LogP contribution in [-0.2, 0) is 26.1 Å². The molecular weight excluding hydrogens is 366 g/mol. The quantitative estimate of drug-likeness (QED) is 0.735. The van der Waals surface area contributed by atoms with Gasteiger partial charge in [0.15, 0.2) is 0 Å². The van der Waals surface area contributed by atoms with Crippen LogP contribution in [0.2, 0.25) is 0 Å². The highest BCUT2D eigenvalue weighted by atomic mass is 32.2. The van der Waals surface area contributed by atoms with Gasteiger partial charge in [-0.05, 0) is 37.1 Å². The van der Waals surface area contributed by atoms with Crippen LogP contribution in [0.1, 0.15) is 27.0 Å². The van der Waals surface area contributed by atoms with Crippen LogP contribution in [0.15, 0.2) is 47.4 Å². The molecule has 27 heavy (non-hydrogen) atoms. The molecule has 0 unspecified atom stereocenters. The van der Waals surface area contributed by atoms with Crippen molar-refractivity contribution >= 4 is 16.0 Å². The lowest BCUT2D eigenvalue weighted by Crippen LogP contribution is -2.40. The normalized spacial score (nSPS) is 15.5. The van der Waals surface area contributed by atoms with Crippen molar-refractivity contribution in [3.05, 3.63) is 64.7 Å². The van der Waals surface area contributed by atoms with Gasteiger partial charge in [0.05, 0.1) is 23.7 Å². The molecule has 7 heteroatoms. The molecule has 0 aliphatic carbocycles. The number of aryl methyl sites for hydroxylation is 2. The third kappa shape index (κ3) is 4.55. The van der Waals surface area contributed by atoms with E-state index in [9.17, 15) is 13.2 Å². The number of esters is 1. The van der Waals surface area contributed by atoms with E-state index in [0.29, 0.717) is 31.9 Å². The zero-order chi connectivity index (χ0) is 19.4. The van der Waals surface area contributed by atoms with Crippen molar-refractivity contribution in [3.63, 3.8) is 0 Å². The van der Waals surface area contributed by atoms with Crippen molar-refractivity contribution in [2.75, 3.05) is 26.3 Å². The number of morpholine rings is 1. The number of nitrogens with zero attached hydrogens (tertiary/aromatic N) is 1. The third-order valence-corrected chi connectivity index (χ3v) is 6.38. The highest BCUT2D eigenvalue weighted by molar-refractivity contribution is 7.89. The van der Waals surface area contributed by atoms with Gasteiger partial charge in [-0.15, -0.1) is 0 Å². The number of rotatable bonds is 5. The Bertz CT molecular complexity index is 933. The largest absolute Gasteiger partial charge is 0.457 e. The molecule has 0 spiro atoms. The van der Waals surface area contributed by atoms with Crippen LogP contribution in [0.25, 0.3) is 0 Å². The maximum Gasteiger partial charge on any atom is 0.338 e. The summed E-state index contributed by atoms with van der Waals surface area (Å²) in [5.74, 6) is -0.534. The summed E-state index contributed by atoms with van der Waals surface area (Å²) in [7, 11) is -3.66. The second-order valence-corrected chi connectivity index (χ2v) is 8.50. The summed E-state index contributed by atoms with van der Waals surface area (Å²) in [4.78, 5) is 12.6. The first-order chi connectivity index (χ1) is 12.9. The van der Waals surface area contributed by atoms with Gasteiger partial charge in [0, 0.05) is 13.1 Å². The van der Waals surface area contributed by atoms with Crippen LogP contribution in [0.5, 0.6) is 0 Å². The Morgan fingerprint density at radius 3 is 2.56 bits per heavy atom. The summed E-state index contributed by atoms with van der Waals surface area (Å²) in [5.41, 5.74) is 2.90. The molecule has 3 rings (SSSR count). The average Bonchev–Trinajstić information content (AvgIpc) is 2.67. The van der Waals surface area contributed by atoms with Crippen LogP contribution in [0.3, 0.4) is 0 Å². The van der Waals surface area contributed by atoms with E-state index in [2.05, 4.69) is 0 Å². The fourth-order valence-corrected chi connectivity index (χ4v) is 4.38. The van der Waals surface area contributed by atoms with Gasteiger partial charge < -0.3 is 9.47 Å². The summed E-state index contributed by atoms with van der Waals surface area (Å²) in [6.07, 6.45) is 0. The number of sulfonamides is 1. The highest BCUT2D eigenvalue weighted by Gasteiger charge is 2.27. The Balaban J connectivity index is 1.79. The van der Waals surface area contributed by atoms with Crippen LogP contribution in [-0.4, -0.2) is 45.0 Å². The summed E-state index contributed by atoms with van der Waals surface area (Å²) >= 11 is 0. The van der Waals surface area contributed by atoms with E-state index in [1.54, 1.807) is 13.0 Å². The van der Waals surface area contributed by atoms with Crippen molar-refractivity contribution < 1.29 is 22.7 Å². The summed E-state index contributed by atoms with van der Waals surface area (Å²) < 4.78 is 37.6. The molecular formula is C20H23NO5S. The van der Waals surface area contributed by atoms with Gasteiger partial charge in [-0.25, -0.2) is 13.2 Å². The Morgan fingerprint density at radius 1 is 1.11 bits per heavy atom. The molecule has 0 amide bonds. The number of ether oxygens (including phenoxy) is 2.